The van der Waals surface area contributed by atoms with Crippen LogP contribution in [-0.4, -0.2) is 42.9 Å². The summed E-state index contributed by atoms with van der Waals surface area (Å²) < 4.78 is 5.21. The summed E-state index contributed by atoms with van der Waals surface area (Å²) in [4.78, 5) is 11.6. The van der Waals surface area contributed by atoms with Crippen molar-refractivity contribution in [3.8, 4) is 0 Å². The molecule has 0 aromatic rings. The van der Waals surface area contributed by atoms with E-state index in [2.05, 4.69) is 17.7 Å². The lowest BCUT2D eigenvalue weighted by molar-refractivity contribution is 0.0359. The van der Waals surface area contributed by atoms with Crippen LogP contribution in [0.4, 0.5) is 4.79 Å². The molecule has 5 nitrogen and oxygen atoms in total. The quantitative estimate of drug-likeness (QED) is 0.786. The molecular weight excluding hydrogens is 218 g/mol. The molecular formula is C12H25N3O2. The summed E-state index contributed by atoms with van der Waals surface area (Å²) in [6.45, 7) is 9.52. The van der Waals surface area contributed by atoms with Crippen molar-refractivity contribution in [2.24, 2.45) is 5.92 Å². The van der Waals surface area contributed by atoms with Crippen molar-refractivity contribution in [1.82, 2.24) is 15.8 Å². The standard InChI is InChI=1S/C12H25N3O2/c1-9(13-5)10-6-7-15(8-10)14-11(16)17-12(2,3)4/h9-10,13H,6-8H2,1-5H3,(H,14,16)/t9-,10?/m1/s1. The molecule has 1 rings (SSSR count). The van der Waals surface area contributed by atoms with Gasteiger partial charge < -0.3 is 10.1 Å². The molecule has 1 aliphatic heterocycles. The molecule has 0 aromatic heterocycles. The molecule has 5 heteroatoms. The Bertz CT molecular complexity index is 263. The van der Waals surface area contributed by atoms with Gasteiger partial charge in [0, 0.05) is 19.1 Å². The van der Waals surface area contributed by atoms with Crippen LogP contribution >= 0.6 is 0 Å². The number of nitrogens with zero attached hydrogens (tertiary/aromatic N) is 1. The molecule has 1 aliphatic rings. The van der Waals surface area contributed by atoms with Crippen LogP contribution in [0.3, 0.4) is 0 Å². The highest BCUT2D eigenvalue weighted by molar-refractivity contribution is 5.67. The van der Waals surface area contributed by atoms with Gasteiger partial charge in [-0.2, -0.15) is 0 Å². The highest BCUT2D eigenvalue weighted by Crippen LogP contribution is 2.18. The van der Waals surface area contributed by atoms with Gasteiger partial charge in [-0.1, -0.05) is 0 Å². The first-order valence-corrected chi connectivity index (χ1v) is 6.23. The van der Waals surface area contributed by atoms with Crippen LogP contribution in [-0.2, 0) is 4.74 Å². The minimum atomic E-state index is -0.443. The lowest BCUT2D eigenvalue weighted by Gasteiger charge is -2.24. The van der Waals surface area contributed by atoms with Crippen molar-refractivity contribution in [2.75, 3.05) is 20.1 Å². The summed E-state index contributed by atoms with van der Waals surface area (Å²) in [6.07, 6.45) is 0.730. The minimum Gasteiger partial charge on any atom is -0.443 e. The molecule has 0 radical (unpaired) electrons. The van der Waals surface area contributed by atoms with E-state index in [1.165, 1.54) is 0 Å². The molecule has 0 saturated carbocycles. The van der Waals surface area contributed by atoms with Gasteiger partial charge in [0.25, 0.3) is 0 Å². The fourth-order valence-electron chi connectivity index (χ4n) is 1.96. The number of amides is 1. The third-order valence-corrected chi connectivity index (χ3v) is 3.04. The fraction of sp³-hybridized carbons (Fsp3) is 0.917. The van der Waals surface area contributed by atoms with E-state index >= 15 is 0 Å². The number of carbonyl (C=O) groups excluding carboxylic acids is 1. The number of hydrazine groups is 1. The number of hydrogen-bond acceptors (Lipinski definition) is 4. The Morgan fingerprint density at radius 2 is 2.12 bits per heavy atom. The predicted octanol–water partition coefficient (Wildman–Crippen LogP) is 1.36. The van der Waals surface area contributed by atoms with Crippen molar-refractivity contribution in [1.29, 1.82) is 0 Å². The Hall–Kier alpha value is -0.810. The normalized spacial score (nSPS) is 23.5. The second-order valence-corrected chi connectivity index (χ2v) is 5.69. The van der Waals surface area contributed by atoms with E-state index in [9.17, 15) is 4.79 Å². The van der Waals surface area contributed by atoms with Crippen molar-refractivity contribution in [3.63, 3.8) is 0 Å². The first-order chi connectivity index (χ1) is 7.81. The van der Waals surface area contributed by atoms with E-state index in [0.717, 1.165) is 19.5 Å². The zero-order valence-electron chi connectivity index (χ0n) is 11.5. The number of nitrogens with one attached hydrogen (secondary N) is 2. The summed E-state index contributed by atoms with van der Waals surface area (Å²) in [5.41, 5.74) is 2.35. The Balaban J connectivity index is 2.33. The molecule has 1 unspecified atom stereocenters. The van der Waals surface area contributed by atoms with Gasteiger partial charge in [-0.05, 0) is 47.1 Å². The van der Waals surface area contributed by atoms with Gasteiger partial charge >= 0.3 is 6.09 Å². The Morgan fingerprint density at radius 1 is 1.47 bits per heavy atom. The molecule has 1 heterocycles. The highest BCUT2D eigenvalue weighted by Gasteiger charge is 2.28. The predicted molar refractivity (Wildman–Crippen MR) is 67.6 cm³/mol. The van der Waals surface area contributed by atoms with Crippen LogP contribution in [0, 0.1) is 5.92 Å². The first-order valence-electron chi connectivity index (χ1n) is 6.23. The number of ether oxygens (including phenoxy) is 1. The number of hydrogen-bond donors (Lipinski definition) is 2. The number of rotatable bonds is 3. The maximum atomic E-state index is 11.6. The van der Waals surface area contributed by atoms with Gasteiger partial charge in [0.15, 0.2) is 0 Å². The molecule has 2 atom stereocenters. The lowest BCUT2D eigenvalue weighted by atomic mass is 10.0. The molecule has 17 heavy (non-hydrogen) atoms. The van der Waals surface area contributed by atoms with E-state index in [1.54, 1.807) is 0 Å². The molecule has 0 aromatic carbocycles. The molecule has 1 saturated heterocycles. The van der Waals surface area contributed by atoms with Crippen LogP contribution in [0.1, 0.15) is 34.1 Å². The van der Waals surface area contributed by atoms with E-state index < -0.39 is 5.60 Å². The summed E-state index contributed by atoms with van der Waals surface area (Å²) in [5, 5.41) is 5.19. The average molecular weight is 243 g/mol. The monoisotopic (exact) mass is 243 g/mol. The molecule has 1 fully saturated rings. The Kier molecular flexibility index (Phi) is 4.77. The van der Waals surface area contributed by atoms with Crippen molar-refractivity contribution in [2.45, 2.75) is 45.8 Å². The topological polar surface area (TPSA) is 53.6 Å². The maximum absolute atomic E-state index is 11.6. The second-order valence-electron chi connectivity index (χ2n) is 5.69. The van der Waals surface area contributed by atoms with Gasteiger partial charge in [0.05, 0.1) is 0 Å². The summed E-state index contributed by atoms with van der Waals surface area (Å²) in [7, 11) is 1.97. The summed E-state index contributed by atoms with van der Waals surface area (Å²) in [5.74, 6) is 0.579. The Labute approximate surface area is 104 Å². The average Bonchev–Trinajstić information content (AvgIpc) is 2.62. The SMILES string of the molecule is CN[C@H](C)C1CCN(NC(=O)OC(C)(C)C)C1. The Morgan fingerprint density at radius 3 is 2.65 bits per heavy atom. The third kappa shape index (κ3) is 4.91. The zero-order chi connectivity index (χ0) is 13.1. The molecule has 2 N–H and O–H groups in total. The van der Waals surface area contributed by atoms with Crippen molar-refractivity contribution >= 4 is 6.09 Å². The van der Waals surface area contributed by atoms with E-state index in [4.69, 9.17) is 4.74 Å². The second kappa shape index (κ2) is 5.69. The highest BCUT2D eigenvalue weighted by atomic mass is 16.6. The van der Waals surface area contributed by atoms with Crippen LogP contribution < -0.4 is 10.7 Å². The van der Waals surface area contributed by atoms with Crippen LogP contribution in [0.2, 0.25) is 0 Å². The van der Waals surface area contributed by atoms with Crippen LogP contribution in [0.5, 0.6) is 0 Å². The third-order valence-electron chi connectivity index (χ3n) is 3.04. The van der Waals surface area contributed by atoms with Gasteiger partial charge in [0.2, 0.25) is 0 Å². The van der Waals surface area contributed by atoms with E-state index in [1.807, 2.05) is 32.8 Å². The van der Waals surface area contributed by atoms with Gasteiger partial charge in [0.1, 0.15) is 5.60 Å². The zero-order valence-corrected chi connectivity index (χ0v) is 11.5. The molecule has 0 spiro atoms. The fourth-order valence-corrected chi connectivity index (χ4v) is 1.96. The van der Waals surface area contributed by atoms with Gasteiger partial charge in [-0.3, -0.25) is 5.43 Å². The van der Waals surface area contributed by atoms with E-state index in [0.29, 0.717) is 12.0 Å². The van der Waals surface area contributed by atoms with Crippen LogP contribution in [0.25, 0.3) is 0 Å². The van der Waals surface area contributed by atoms with Crippen LogP contribution in [0.15, 0.2) is 0 Å². The molecule has 1 amide bonds. The summed E-state index contributed by atoms with van der Waals surface area (Å²) in [6, 6.07) is 0.473. The summed E-state index contributed by atoms with van der Waals surface area (Å²) >= 11 is 0. The lowest BCUT2D eigenvalue weighted by Crippen LogP contribution is -2.44. The minimum absolute atomic E-state index is 0.365. The van der Waals surface area contributed by atoms with Crippen molar-refractivity contribution < 1.29 is 9.53 Å². The largest absolute Gasteiger partial charge is 0.443 e. The van der Waals surface area contributed by atoms with Crippen molar-refractivity contribution in [3.05, 3.63) is 0 Å². The first kappa shape index (κ1) is 14.3. The number of carbonyl (C=O) groups is 1. The van der Waals surface area contributed by atoms with Gasteiger partial charge in [-0.25, -0.2) is 9.80 Å². The van der Waals surface area contributed by atoms with E-state index in [-0.39, 0.29) is 6.09 Å². The molecule has 0 aliphatic carbocycles. The molecule has 0 bridgehead atoms. The molecule has 100 valence electrons. The maximum Gasteiger partial charge on any atom is 0.422 e. The van der Waals surface area contributed by atoms with Gasteiger partial charge in [-0.15, -0.1) is 0 Å². The smallest absolute Gasteiger partial charge is 0.422 e.